The summed E-state index contributed by atoms with van der Waals surface area (Å²) in [5.41, 5.74) is 0.476. The van der Waals surface area contributed by atoms with E-state index in [1.807, 2.05) is 0 Å². The van der Waals surface area contributed by atoms with E-state index < -0.39 is 15.9 Å². The molecule has 0 radical (unpaired) electrons. The molecule has 8 heteroatoms. The number of carbonyl (C=O) groups is 1. The highest BCUT2D eigenvalue weighted by molar-refractivity contribution is 7.89. The number of nitrogens with zero attached hydrogens (tertiary/aromatic N) is 1. The van der Waals surface area contributed by atoms with Crippen molar-refractivity contribution in [1.29, 1.82) is 0 Å². The third-order valence-electron chi connectivity index (χ3n) is 3.84. The Morgan fingerprint density at radius 1 is 1.43 bits per heavy atom. The molecule has 2 aliphatic rings. The van der Waals surface area contributed by atoms with Gasteiger partial charge in [0.2, 0.25) is 15.9 Å². The molecule has 0 spiro atoms. The number of amides is 1. The van der Waals surface area contributed by atoms with Crippen LogP contribution in [0.1, 0.15) is 24.8 Å². The maximum Gasteiger partial charge on any atom is 0.239 e. The molecule has 1 aromatic rings. The van der Waals surface area contributed by atoms with Crippen LogP contribution in [0.15, 0.2) is 18.3 Å². The first-order valence-electron chi connectivity index (χ1n) is 6.73. The molecule has 1 amide bonds. The maximum absolute atomic E-state index is 12.1. The summed E-state index contributed by atoms with van der Waals surface area (Å²) in [6, 6.07) is 3.08. The SMILES string of the molecule is O=C(NS(=O)(=O)Cc1ccc(Cl)nc1)C1CC2CCC1O2. The van der Waals surface area contributed by atoms with Gasteiger partial charge in [-0.3, -0.25) is 9.52 Å². The summed E-state index contributed by atoms with van der Waals surface area (Å²) in [7, 11) is -3.74. The number of nitrogens with one attached hydrogen (secondary N) is 1. The maximum atomic E-state index is 12.1. The number of hydrogen-bond donors (Lipinski definition) is 1. The zero-order valence-electron chi connectivity index (χ0n) is 11.2. The van der Waals surface area contributed by atoms with Gasteiger partial charge in [-0.2, -0.15) is 0 Å². The molecule has 6 nitrogen and oxygen atoms in total. The van der Waals surface area contributed by atoms with Gasteiger partial charge in [-0.25, -0.2) is 13.4 Å². The Kier molecular flexibility index (Phi) is 3.90. The third kappa shape index (κ3) is 3.36. The van der Waals surface area contributed by atoms with E-state index in [9.17, 15) is 13.2 Å². The lowest BCUT2D eigenvalue weighted by atomic mass is 9.89. The van der Waals surface area contributed by atoms with E-state index in [4.69, 9.17) is 16.3 Å². The Morgan fingerprint density at radius 3 is 2.81 bits per heavy atom. The molecule has 1 N–H and O–H groups in total. The van der Waals surface area contributed by atoms with E-state index in [1.54, 1.807) is 6.07 Å². The van der Waals surface area contributed by atoms with Crippen LogP contribution >= 0.6 is 11.6 Å². The van der Waals surface area contributed by atoms with E-state index >= 15 is 0 Å². The number of sulfonamides is 1. The summed E-state index contributed by atoms with van der Waals surface area (Å²) in [5.74, 6) is -1.13. The Bertz CT molecular complexity index is 647. The lowest BCUT2D eigenvalue weighted by molar-refractivity contribution is -0.124. The summed E-state index contributed by atoms with van der Waals surface area (Å²) in [6.07, 6.45) is 3.74. The fourth-order valence-electron chi connectivity index (χ4n) is 2.89. The molecule has 21 heavy (non-hydrogen) atoms. The summed E-state index contributed by atoms with van der Waals surface area (Å²) in [6.45, 7) is 0. The van der Waals surface area contributed by atoms with Gasteiger partial charge in [0.1, 0.15) is 5.15 Å². The average Bonchev–Trinajstić information content (AvgIpc) is 3.03. The van der Waals surface area contributed by atoms with Crippen LogP contribution < -0.4 is 4.72 Å². The molecular weight excluding hydrogens is 316 g/mol. The van der Waals surface area contributed by atoms with E-state index in [0.29, 0.717) is 17.1 Å². The molecular formula is C13H15ClN2O4S. The van der Waals surface area contributed by atoms with Crippen molar-refractivity contribution in [3.63, 3.8) is 0 Å². The molecule has 0 aliphatic carbocycles. The normalized spacial score (nSPS) is 27.8. The predicted octanol–water partition coefficient (Wildman–Crippen LogP) is 1.25. The largest absolute Gasteiger partial charge is 0.374 e. The first kappa shape index (κ1) is 14.7. The summed E-state index contributed by atoms with van der Waals surface area (Å²) >= 11 is 5.65. The molecule has 2 saturated heterocycles. The van der Waals surface area contributed by atoms with Crippen molar-refractivity contribution in [2.24, 2.45) is 5.92 Å². The van der Waals surface area contributed by atoms with Gasteiger partial charge in [0.25, 0.3) is 0 Å². The molecule has 3 unspecified atom stereocenters. The van der Waals surface area contributed by atoms with Crippen LogP contribution in [0, 0.1) is 5.92 Å². The monoisotopic (exact) mass is 330 g/mol. The van der Waals surface area contributed by atoms with E-state index in [0.717, 1.165) is 12.8 Å². The minimum atomic E-state index is -3.74. The second-order valence-electron chi connectivity index (χ2n) is 5.43. The van der Waals surface area contributed by atoms with Crippen molar-refractivity contribution in [2.75, 3.05) is 0 Å². The first-order valence-corrected chi connectivity index (χ1v) is 8.76. The molecule has 3 rings (SSSR count). The van der Waals surface area contributed by atoms with Gasteiger partial charge in [-0.05, 0) is 30.9 Å². The van der Waals surface area contributed by atoms with Crippen LogP contribution in [-0.2, 0) is 25.3 Å². The number of halogens is 1. The Labute approximate surface area is 127 Å². The first-order chi connectivity index (χ1) is 9.93. The third-order valence-corrected chi connectivity index (χ3v) is 5.29. The zero-order valence-corrected chi connectivity index (χ0v) is 12.7. The van der Waals surface area contributed by atoms with Crippen molar-refractivity contribution < 1.29 is 17.9 Å². The molecule has 2 bridgehead atoms. The molecule has 1 aromatic heterocycles. The van der Waals surface area contributed by atoms with Gasteiger partial charge in [0, 0.05) is 6.20 Å². The molecule has 3 heterocycles. The molecule has 2 fully saturated rings. The molecule has 2 aliphatic heterocycles. The van der Waals surface area contributed by atoms with Gasteiger partial charge >= 0.3 is 0 Å². The predicted molar refractivity (Wildman–Crippen MR) is 76.0 cm³/mol. The fraction of sp³-hybridized carbons (Fsp3) is 0.538. The minimum Gasteiger partial charge on any atom is -0.374 e. The summed E-state index contributed by atoms with van der Waals surface area (Å²) in [5, 5.41) is 0.291. The van der Waals surface area contributed by atoms with E-state index in [1.165, 1.54) is 12.3 Å². The number of fused-ring (bicyclic) bond motifs is 2. The second kappa shape index (κ2) is 5.55. The van der Waals surface area contributed by atoms with E-state index in [-0.39, 0.29) is 23.9 Å². The van der Waals surface area contributed by atoms with Crippen molar-refractivity contribution >= 4 is 27.5 Å². The summed E-state index contributed by atoms with van der Waals surface area (Å²) in [4.78, 5) is 15.9. The van der Waals surface area contributed by atoms with Gasteiger partial charge in [-0.1, -0.05) is 17.7 Å². The van der Waals surface area contributed by atoms with Gasteiger partial charge in [0.15, 0.2) is 0 Å². The standard InChI is InChI=1S/C13H15ClN2O4S/c14-12-4-1-8(6-15-12)7-21(18,19)16-13(17)10-5-9-2-3-11(10)20-9/h1,4,6,9-11H,2-3,5,7H2,(H,16,17). The highest BCUT2D eigenvalue weighted by Gasteiger charge is 2.45. The molecule has 114 valence electrons. The molecule has 3 atom stereocenters. The van der Waals surface area contributed by atoms with Crippen LogP contribution in [0.3, 0.4) is 0 Å². The quantitative estimate of drug-likeness (QED) is 0.840. The van der Waals surface area contributed by atoms with Crippen LogP contribution in [0.2, 0.25) is 5.15 Å². The van der Waals surface area contributed by atoms with Gasteiger partial charge in [0.05, 0.1) is 23.9 Å². The topological polar surface area (TPSA) is 85.4 Å². The molecule has 0 saturated carbocycles. The Balaban J connectivity index is 1.63. The minimum absolute atomic E-state index is 0.105. The fourth-order valence-corrected chi connectivity index (χ4v) is 4.14. The highest BCUT2D eigenvalue weighted by atomic mass is 35.5. The second-order valence-corrected chi connectivity index (χ2v) is 7.54. The molecule has 0 aromatic carbocycles. The number of pyridine rings is 1. The average molecular weight is 331 g/mol. The van der Waals surface area contributed by atoms with Crippen LogP contribution in [0.5, 0.6) is 0 Å². The highest BCUT2D eigenvalue weighted by Crippen LogP contribution is 2.38. The number of ether oxygens (including phenoxy) is 1. The summed E-state index contributed by atoms with van der Waals surface area (Å²) < 4.78 is 31.8. The van der Waals surface area contributed by atoms with Crippen LogP contribution in [0.4, 0.5) is 0 Å². The number of rotatable bonds is 4. The van der Waals surface area contributed by atoms with Crippen molar-refractivity contribution in [3.05, 3.63) is 29.0 Å². The van der Waals surface area contributed by atoms with Crippen molar-refractivity contribution in [3.8, 4) is 0 Å². The van der Waals surface area contributed by atoms with Crippen LogP contribution in [0.25, 0.3) is 0 Å². The Hall–Kier alpha value is -1.18. The van der Waals surface area contributed by atoms with E-state index in [2.05, 4.69) is 9.71 Å². The lowest BCUT2D eigenvalue weighted by Gasteiger charge is -2.17. The number of hydrogen-bond acceptors (Lipinski definition) is 5. The van der Waals surface area contributed by atoms with Gasteiger partial charge in [-0.15, -0.1) is 0 Å². The Morgan fingerprint density at radius 2 is 2.24 bits per heavy atom. The number of carbonyl (C=O) groups excluding carboxylic acids is 1. The number of aromatic nitrogens is 1. The van der Waals surface area contributed by atoms with Crippen LogP contribution in [-0.4, -0.2) is 31.5 Å². The van der Waals surface area contributed by atoms with Crippen molar-refractivity contribution in [1.82, 2.24) is 9.71 Å². The zero-order chi connectivity index (χ0) is 15.0. The lowest BCUT2D eigenvalue weighted by Crippen LogP contribution is -2.40. The van der Waals surface area contributed by atoms with Crippen molar-refractivity contribution in [2.45, 2.75) is 37.2 Å². The smallest absolute Gasteiger partial charge is 0.239 e. The van der Waals surface area contributed by atoms with Gasteiger partial charge < -0.3 is 4.74 Å².